The number of halogens is 1. The van der Waals surface area contributed by atoms with E-state index in [0.717, 1.165) is 5.56 Å². The van der Waals surface area contributed by atoms with Gasteiger partial charge in [0, 0.05) is 5.33 Å². The van der Waals surface area contributed by atoms with Crippen molar-refractivity contribution in [1.29, 1.82) is 5.26 Å². The molecule has 1 aromatic carbocycles. The van der Waals surface area contributed by atoms with Gasteiger partial charge in [0.2, 0.25) is 0 Å². The standard InChI is InChI=1S/C13H14BrNO4/c1-19-12(17)5-11(16)13(18)10-4-8(7-15)2-3-9(10)6-14/h2-4,11,13,16,18H,5-6H2,1H3. The smallest absolute Gasteiger partial charge is 0.308 e. The highest BCUT2D eigenvalue weighted by Crippen LogP contribution is 2.25. The number of ether oxygens (including phenoxy) is 1. The van der Waals surface area contributed by atoms with Gasteiger partial charge in [0.15, 0.2) is 0 Å². The molecule has 19 heavy (non-hydrogen) atoms. The largest absolute Gasteiger partial charge is 0.469 e. The Hall–Kier alpha value is -1.42. The quantitative estimate of drug-likeness (QED) is 0.630. The van der Waals surface area contributed by atoms with E-state index < -0.39 is 18.2 Å². The van der Waals surface area contributed by atoms with Crippen LogP contribution < -0.4 is 0 Å². The molecule has 1 aromatic rings. The zero-order valence-electron chi connectivity index (χ0n) is 10.3. The van der Waals surface area contributed by atoms with E-state index in [1.165, 1.54) is 13.2 Å². The fourth-order valence-electron chi connectivity index (χ4n) is 1.63. The monoisotopic (exact) mass is 327 g/mol. The zero-order valence-corrected chi connectivity index (χ0v) is 11.9. The molecule has 2 atom stereocenters. The lowest BCUT2D eigenvalue weighted by Gasteiger charge is -2.19. The van der Waals surface area contributed by atoms with Crippen molar-refractivity contribution in [2.75, 3.05) is 7.11 Å². The summed E-state index contributed by atoms with van der Waals surface area (Å²) in [6.07, 6.45) is -2.84. The van der Waals surface area contributed by atoms with Crippen LogP contribution >= 0.6 is 15.9 Å². The van der Waals surface area contributed by atoms with Gasteiger partial charge in [-0.15, -0.1) is 0 Å². The lowest BCUT2D eigenvalue weighted by Crippen LogP contribution is -2.23. The molecular formula is C13H14BrNO4. The first-order chi connectivity index (χ1) is 9.03. The van der Waals surface area contributed by atoms with Crippen molar-refractivity contribution in [3.8, 4) is 6.07 Å². The van der Waals surface area contributed by atoms with Crippen molar-refractivity contribution in [2.24, 2.45) is 0 Å². The third-order valence-electron chi connectivity index (χ3n) is 2.71. The summed E-state index contributed by atoms with van der Waals surface area (Å²) in [5.41, 5.74) is 1.55. The van der Waals surface area contributed by atoms with Gasteiger partial charge < -0.3 is 14.9 Å². The first-order valence-electron chi connectivity index (χ1n) is 5.55. The molecule has 0 amide bonds. The number of carbonyl (C=O) groups excluding carboxylic acids is 1. The average molecular weight is 328 g/mol. The Bertz CT molecular complexity index is 498. The highest BCUT2D eigenvalue weighted by molar-refractivity contribution is 9.08. The van der Waals surface area contributed by atoms with Crippen LogP contribution in [0.1, 0.15) is 29.2 Å². The lowest BCUT2D eigenvalue weighted by molar-refractivity contribution is -0.144. The van der Waals surface area contributed by atoms with Gasteiger partial charge in [-0.25, -0.2) is 0 Å². The van der Waals surface area contributed by atoms with E-state index in [1.54, 1.807) is 12.1 Å². The molecule has 0 aromatic heterocycles. The molecule has 0 heterocycles. The minimum atomic E-state index is -1.28. The summed E-state index contributed by atoms with van der Waals surface area (Å²) >= 11 is 3.27. The second-order valence-electron chi connectivity index (χ2n) is 3.95. The first-order valence-corrected chi connectivity index (χ1v) is 6.67. The number of nitrogens with zero attached hydrogens (tertiary/aromatic N) is 1. The van der Waals surface area contributed by atoms with Crippen LogP contribution in [-0.4, -0.2) is 29.4 Å². The van der Waals surface area contributed by atoms with E-state index in [4.69, 9.17) is 5.26 Å². The Morgan fingerprint density at radius 2 is 2.21 bits per heavy atom. The summed E-state index contributed by atoms with van der Waals surface area (Å²) in [7, 11) is 1.21. The SMILES string of the molecule is COC(=O)CC(O)C(O)c1cc(C#N)ccc1CBr. The Morgan fingerprint density at radius 1 is 1.53 bits per heavy atom. The van der Waals surface area contributed by atoms with E-state index in [9.17, 15) is 15.0 Å². The molecule has 0 bridgehead atoms. The molecule has 0 aliphatic rings. The summed E-state index contributed by atoms with van der Waals surface area (Å²) in [6, 6.07) is 6.78. The van der Waals surface area contributed by atoms with E-state index in [-0.39, 0.29) is 6.42 Å². The van der Waals surface area contributed by atoms with Crippen LogP contribution in [0.2, 0.25) is 0 Å². The summed E-state index contributed by atoms with van der Waals surface area (Å²) in [5, 5.41) is 29.2. The zero-order chi connectivity index (χ0) is 14.4. The Morgan fingerprint density at radius 3 is 2.74 bits per heavy atom. The van der Waals surface area contributed by atoms with Gasteiger partial charge in [-0.05, 0) is 23.3 Å². The van der Waals surface area contributed by atoms with Gasteiger partial charge in [0.1, 0.15) is 6.10 Å². The number of hydrogen-bond acceptors (Lipinski definition) is 5. The van der Waals surface area contributed by atoms with Crippen molar-refractivity contribution in [3.05, 3.63) is 34.9 Å². The molecule has 1 rings (SSSR count). The van der Waals surface area contributed by atoms with Crippen LogP contribution in [0, 0.1) is 11.3 Å². The molecular weight excluding hydrogens is 314 g/mol. The maximum Gasteiger partial charge on any atom is 0.308 e. The number of nitriles is 1. The molecule has 0 radical (unpaired) electrons. The number of aliphatic hydroxyl groups is 2. The Kier molecular flexibility index (Phi) is 5.96. The molecule has 0 spiro atoms. The molecule has 6 heteroatoms. The highest BCUT2D eigenvalue weighted by Gasteiger charge is 2.24. The van der Waals surface area contributed by atoms with Crippen LogP contribution in [0.15, 0.2) is 18.2 Å². The molecule has 2 N–H and O–H groups in total. The van der Waals surface area contributed by atoms with Crippen LogP contribution in [0.5, 0.6) is 0 Å². The van der Waals surface area contributed by atoms with Crippen LogP contribution in [0.4, 0.5) is 0 Å². The normalized spacial score (nSPS) is 13.4. The van der Waals surface area contributed by atoms with Crippen LogP contribution in [-0.2, 0) is 14.9 Å². The van der Waals surface area contributed by atoms with Gasteiger partial charge in [0.25, 0.3) is 0 Å². The Balaban J connectivity index is 3.00. The second kappa shape index (κ2) is 7.24. The molecule has 5 nitrogen and oxygen atoms in total. The third-order valence-corrected chi connectivity index (χ3v) is 3.31. The lowest BCUT2D eigenvalue weighted by atomic mass is 9.96. The summed E-state index contributed by atoms with van der Waals surface area (Å²) < 4.78 is 4.44. The maximum absolute atomic E-state index is 11.1. The molecule has 0 aliphatic heterocycles. The number of carbonyl (C=O) groups is 1. The second-order valence-corrected chi connectivity index (χ2v) is 4.51. The van der Waals surface area contributed by atoms with Gasteiger partial charge in [0.05, 0.1) is 31.3 Å². The molecule has 102 valence electrons. The fraction of sp³-hybridized carbons (Fsp3) is 0.385. The van der Waals surface area contributed by atoms with Crippen molar-refractivity contribution in [3.63, 3.8) is 0 Å². The van der Waals surface area contributed by atoms with E-state index in [1.807, 2.05) is 6.07 Å². The maximum atomic E-state index is 11.1. The number of aliphatic hydroxyl groups excluding tert-OH is 2. The average Bonchev–Trinajstić information content (AvgIpc) is 2.45. The minimum absolute atomic E-state index is 0.309. The minimum Gasteiger partial charge on any atom is -0.469 e. The number of methoxy groups -OCH3 is 1. The van der Waals surface area contributed by atoms with Crippen molar-refractivity contribution in [2.45, 2.75) is 24.0 Å². The number of hydrogen-bond donors (Lipinski definition) is 2. The number of benzene rings is 1. The van der Waals surface area contributed by atoms with Crippen LogP contribution in [0.25, 0.3) is 0 Å². The van der Waals surface area contributed by atoms with Crippen molar-refractivity contribution >= 4 is 21.9 Å². The predicted octanol–water partition coefficient (Wildman–Crippen LogP) is 1.41. The molecule has 0 saturated carbocycles. The van der Waals surface area contributed by atoms with E-state index >= 15 is 0 Å². The first kappa shape index (κ1) is 15.6. The molecule has 2 unspecified atom stereocenters. The van der Waals surface area contributed by atoms with E-state index in [2.05, 4.69) is 20.7 Å². The predicted molar refractivity (Wildman–Crippen MR) is 71.4 cm³/mol. The van der Waals surface area contributed by atoms with Gasteiger partial charge in [-0.2, -0.15) is 5.26 Å². The summed E-state index contributed by atoms with van der Waals surface area (Å²) in [5.74, 6) is -0.608. The highest BCUT2D eigenvalue weighted by atomic mass is 79.9. The van der Waals surface area contributed by atoms with Gasteiger partial charge in [-0.1, -0.05) is 22.0 Å². The summed E-state index contributed by atoms with van der Waals surface area (Å²) in [4.78, 5) is 11.1. The number of esters is 1. The molecule has 0 fully saturated rings. The van der Waals surface area contributed by atoms with Gasteiger partial charge >= 0.3 is 5.97 Å². The Labute approximate surface area is 119 Å². The van der Waals surface area contributed by atoms with Crippen LogP contribution in [0.3, 0.4) is 0 Å². The fourth-order valence-corrected chi connectivity index (χ4v) is 2.15. The molecule has 0 saturated heterocycles. The number of rotatable bonds is 5. The topological polar surface area (TPSA) is 90.6 Å². The van der Waals surface area contributed by atoms with E-state index in [0.29, 0.717) is 16.5 Å². The summed E-state index contributed by atoms with van der Waals surface area (Å²) in [6.45, 7) is 0. The van der Waals surface area contributed by atoms with Crippen molar-refractivity contribution in [1.82, 2.24) is 0 Å². The van der Waals surface area contributed by atoms with Gasteiger partial charge in [-0.3, -0.25) is 4.79 Å². The van der Waals surface area contributed by atoms with Crippen molar-refractivity contribution < 1.29 is 19.7 Å². The molecule has 0 aliphatic carbocycles. The number of alkyl halides is 1. The third kappa shape index (κ3) is 4.03.